The number of hydrogen-bond donors (Lipinski definition) is 2. The van der Waals surface area contributed by atoms with Crippen molar-refractivity contribution in [2.75, 3.05) is 5.32 Å². The maximum Gasteiger partial charge on any atom is 0.271 e. The Balaban J connectivity index is 1.62. The van der Waals surface area contributed by atoms with Crippen LogP contribution in [-0.2, 0) is 17.9 Å². The number of benzene rings is 3. The van der Waals surface area contributed by atoms with E-state index in [2.05, 4.69) is 10.3 Å². The normalized spacial score (nSPS) is 11.5. The van der Waals surface area contributed by atoms with E-state index in [-0.39, 0.29) is 12.2 Å². The van der Waals surface area contributed by atoms with Crippen LogP contribution in [0, 0.1) is 11.6 Å². The molecule has 3 aromatic carbocycles. The maximum atomic E-state index is 13.6. The quantitative estimate of drug-likeness (QED) is 0.360. The fourth-order valence-corrected chi connectivity index (χ4v) is 2.91. The summed E-state index contributed by atoms with van der Waals surface area (Å²) in [4.78, 5) is 16.3. The number of hydrogen-bond acceptors (Lipinski definition) is 4. The molecule has 3 rings (SSSR count). The van der Waals surface area contributed by atoms with Gasteiger partial charge in [-0.05, 0) is 42.0 Å². The van der Waals surface area contributed by atoms with Crippen LogP contribution in [0.2, 0.25) is 5.02 Å². The average molecular weight is 456 g/mol. The molecule has 0 saturated heterocycles. The third kappa shape index (κ3) is 6.39. The molecule has 32 heavy (non-hydrogen) atoms. The van der Waals surface area contributed by atoms with Crippen LogP contribution >= 0.6 is 11.6 Å². The largest absolute Gasteiger partial charge is 0.489 e. The van der Waals surface area contributed by atoms with E-state index in [9.17, 15) is 13.6 Å². The first-order valence-corrected chi connectivity index (χ1v) is 9.98. The highest BCUT2D eigenvalue weighted by atomic mass is 35.5. The van der Waals surface area contributed by atoms with E-state index in [0.717, 1.165) is 23.3 Å². The summed E-state index contributed by atoms with van der Waals surface area (Å²) in [5, 5.41) is 2.64. The van der Waals surface area contributed by atoms with Gasteiger partial charge in [0.1, 0.15) is 29.7 Å². The number of halogens is 3. The van der Waals surface area contributed by atoms with Gasteiger partial charge in [0.25, 0.3) is 5.91 Å². The first-order valence-electron chi connectivity index (χ1n) is 9.60. The Hall–Kier alpha value is -3.71. The molecule has 1 amide bonds. The van der Waals surface area contributed by atoms with Gasteiger partial charge in [0.05, 0.1) is 12.2 Å². The van der Waals surface area contributed by atoms with Crippen LogP contribution in [0.5, 0.6) is 5.75 Å². The molecule has 0 saturated carbocycles. The van der Waals surface area contributed by atoms with Gasteiger partial charge in [-0.1, -0.05) is 48.0 Å². The summed E-state index contributed by atoms with van der Waals surface area (Å²) in [5.41, 5.74) is 6.62. The van der Waals surface area contributed by atoms with E-state index in [1.54, 1.807) is 18.2 Å². The molecule has 0 aliphatic rings. The van der Waals surface area contributed by atoms with Crippen LogP contribution in [0.25, 0.3) is 0 Å². The van der Waals surface area contributed by atoms with E-state index in [1.807, 2.05) is 30.3 Å². The predicted molar refractivity (Wildman–Crippen MR) is 122 cm³/mol. The standard InChI is InChI=1S/C24H20ClF2N3O2/c25-18-9-10-22(32-15-16-5-2-1-3-6-16)17(13-18)14-29-12-11-21(28)24(31)30-23-19(26)7-4-8-20(23)27/h1-13H,14-15,28H2,(H,30,31). The van der Waals surface area contributed by atoms with Gasteiger partial charge in [-0.2, -0.15) is 0 Å². The minimum atomic E-state index is -0.899. The van der Waals surface area contributed by atoms with Gasteiger partial charge in [0.15, 0.2) is 0 Å². The lowest BCUT2D eigenvalue weighted by molar-refractivity contribution is -0.112. The van der Waals surface area contributed by atoms with Crippen molar-refractivity contribution in [1.82, 2.24) is 0 Å². The van der Waals surface area contributed by atoms with Crippen LogP contribution in [0.15, 0.2) is 83.5 Å². The number of aliphatic imine (C=N–C) groups is 1. The molecule has 0 aliphatic heterocycles. The van der Waals surface area contributed by atoms with E-state index in [0.29, 0.717) is 17.4 Å². The summed E-state index contributed by atoms with van der Waals surface area (Å²) in [6.45, 7) is 0.608. The lowest BCUT2D eigenvalue weighted by atomic mass is 10.2. The monoisotopic (exact) mass is 455 g/mol. The van der Waals surface area contributed by atoms with Crippen molar-refractivity contribution >= 4 is 29.4 Å². The van der Waals surface area contributed by atoms with E-state index >= 15 is 0 Å². The van der Waals surface area contributed by atoms with Crippen LogP contribution < -0.4 is 15.8 Å². The Morgan fingerprint density at radius 1 is 1.06 bits per heavy atom. The second kappa shape index (κ2) is 11.1. The second-order valence-corrected chi connectivity index (χ2v) is 7.13. The van der Waals surface area contributed by atoms with Crippen molar-refractivity contribution < 1.29 is 18.3 Å². The number of para-hydroxylation sites is 1. The van der Waals surface area contributed by atoms with Crippen LogP contribution in [0.1, 0.15) is 11.1 Å². The van der Waals surface area contributed by atoms with Crippen molar-refractivity contribution in [1.29, 1.82) is 0 Å². The molecular weight excluding hydrogens is 436 g/mol. The van der Waals surface area contributed by atoms with E-state index in [1.165, 1.54) is 18.4 Å². The summed E-state index contributed by atoms with van der Waals surface area (Å²) < 4.78 is 33.2. The highest BCUT2D eigenvalue weighted by Gasteiger charge is 2.13. The predicted octanol–water partition coefficient (Wildman–Crippen LogP) is 5.25. The Labute approximate surface area is 189 Å². The minimum Gasteiger partial charge on any atom is -0.489 e. The lowest BCUT2D eigenvalue weighted by Gasteiger charge is -2.11. The zero-order valence-corrected chi connectivity index (χ0v) is 17.7. The molecule has 3 N–H and O–H groups in total. The van der Waals surface area contributed by atoms with Gasteiger partial charge in [0, 0.05) is 16.8 Å². The molecule has 0 spiro atoms. The zero-order valence-electron chi connectivity index (χ0n) is 16.9. The number of rotatable bonds is 8. The number of carbonyl (C=O) groups is 1. The Morgan fingerprint density at radius 3 is 2.50 bits per heavy atom. The van der Waals surface area contributed by atoms with Crippen LogP contribution in [0.4, 0.5) is 14.5 Å². The molecular formula is C24H20ClF2N3O2. The molecule has 8 heteroatoms. The number of anilines is 1. The fourth-order valence-electron chi connectivity index (χ4n) is 2.71. The molecule has 164 valence electrons. The molecule has 3 aromatic rings. The molecule has 0 aliphatic carbocycles. The molecule has 0 heterocycles. The Morgan fingerprint density at radius 2 is 1.78 bits per heavy atom. The van der Waals surface area contributed by atoms with Crippen LogP contribution in [-0.4, -0.2) is 12.1 Å². The molecule has 0 aromatic heterocycles. The van der Waals surface area contributed by atoms with Crippen LogP contribution in [0.3, 0.4) is 0 Å². The number of nitrogens with zero attached hydrogens (tertiary/aromatic N) is 1. The second-order valence-electron chi connectivity index (χ2n) is 6.69. The SMILES string of the molecule is NC(=CC=NCc1cc(Cl)ccc1OCc1ccccc1)C(=O)Nc1c(F)cccc1F. The summed E-state index contributed by atoms with van der Waals surface area (Å²) in [7, 11) is 0. The molecule has 0 fully saturated rings. The summed E-state index contributed by atoms with van der Waals surface area (Å²) in [6, 6.07) is 18.2. The highest BCUT2D eigenvalue weighted by Crippen LogP contribution is 2.24. The van der Waals surface area contributed by atoms with E-state index in [4.69, 9.17) is 22.1 Å². The molecule has 0 atom stereocenters. The first-order chi connectivity index (χ1) is 15.4. The topological polar surface area (TPSA) is 76.7 Å². The summed E-state index contributed by atoms with van der Waals surface area (Å²) in [6.07, 6.45) is 2.57. The number of nitrogens with one attached hydrogen (secondary N) is 1. The summed E-state index contributed by atoms with van der Waals surface area (Å²) >= 11 is 6.09. The Kier molecular flexibility index (Phi) is 7.94. The van der Waals surface area contributed by atoms with Crippen molar-refractivity contribution in [3.8, 4) is 5.75 Å². The third-order valence-electron chi connectivity index (χ3n) is 4.34. The van der Waals surface area contributed by atoms with Crippen molar-refractivity contribution in [2.24, 2.45) is 10.7 Å². The maximum absolute atomic E-state index is 13.6. The van der Waals surface area contributed by atoms with Gasteiger partial charge in [-0.3, -0.25) is 9.79 Å². The number of carbonyl (C=O) groups excluding carboxylic acids is 1. The molecule has 0 radical (unpaired) electrons. The molecule has 0 unspecified atom stereocenters. The van der Waals surface area contributed by atoms with Crippen molar-refractivity contribution in [3.05, 3.63) is 106 Å². The third-order valence-corrected chi connectivity index (χ3v) is 4.58. The molecule has 0 bridgehead atoms. The summed E-state index contributed by atoms with van der Waals surface area (Å²) in [5.74, 6) is -2.03. The number of amides is 1. The molecule has 5 nitrogen and oxygen atoms in total. The first kappa shape index (κ1) is 23.0. The zero-order chi connectivity index (χ0) is 22.9. The number of ether oxygens (including phenoxy) is 1. The van der Waals surface area contributed by atoms with Crippen molar-refractivity contribution in [2.45, 2.75) is 13.2 Å². The fraction of sp³-hybridized carbons (Fsp3) is 0.0833. The Bertz CT molecular complexity index is 1130. The smallest absolute Gasteiger partial charge is 0.271 e. The average Bonchev–Trinajstić information content (AvgIpc) is 2.79. The number of nitrogens with two attached hydrogens (primary N) is 1. The van der Waals surface area contributed by atoms with Gasteiger partial charge in [-0.15, -0.1) is 0 Å². The highest BCUT2D eigenvalue weighted by molar-refractivity contribution is 6.30. The van der Waals surface area contributed by atoms with Gasteiger partial charge in [0.2, 0.25) is 0 Å². The van der Waals surface area contributed by atoms with Gasteiger partial charge in [-0.25, -0.2) is 8.78 Å². The lowest BCUT2D eigenvalue weighted by Crippen LogP contribution is -2.21. The van der Waals surface area contributed by atoms with Gasteiger partial charge >= 0.3 is 0 Å². The van der Waals surface area contributed by atoms with Gasteiger partial charge < -0.3 is 15.8 Å². The minimum absolute atomic E-state index is 0.220. The number of allylic oxidation sites excluding steroid dienone is 1. The van der Waals surface area contributed by atoms with Crippen molar-refractivity contribution in [3.63, 3.8) is 0 Å². The van der Waals surface area contributed by atoms with E-state index < -0.39 is 23.2 Å².